The maximum absolute atomic E-state index is 13.5. The van der Waals surface area contributed by atoms with Crippen LogP contribution in [0.1, 0.15) is 0 Å². The van der Waals surface area contributed by atoms with Crippen molar-refractivity contribution in [1.82, 2.24) is 23.1 Å². The largest absolute Gasteiger partial charge is 0.433 e. The Morgan fingerprint density at radius 2 is 1.88 bits per heavy atom. The van der Waals surface area contributed by atoms with Crippen molar-refractivity contribution in [3.8, 4) is 17.0 Å². The summed E-state index contributed by atoms with van der Waals surface area (Å²) in [6.45, 7) is 1.70. The molecule has 4 rings (SSSR count). The Morgan fingerprint density at radius 3 is 2.57 bits per heavy atom. The Balaban J connectivity index is 1.75. The number of ether oxygens (including phenoxy) is 1. The molecular formula is C29H34F2N8O2S. The van der Waals surface area contributed by atoms with Crippen LogP contribution >= 0.6 is 12.1 Å². The molecule has 2 N–H and O–H groups in total. The third-order valence-electron chi connectivity index (χ3n) is 6.16. The molecule has 2 aromatic heterocycles. The predicted octanol–water partition coefficient (Wildman–Crippen LogP) is 5.54. The van der Waals surface area contributed by atoms with E-state index in [1.54, 1.807) is 19.3 Å². The molecular weight excluding hydrogens is 562 g/mol. The van der Waals surface area contributed by atoms with Gasteiger partial charge in [-0.3, -0.25) is 8.77 Å². The average Bonchev–Trinajstić information content (AvgIpc) is 3.30. The van der Waals surface area contributed by atoms with E-state index in [2.05, 4.69) is 26.2 Å². The fourth-order valence-electron chi connectivity index (χ4n) is 4.22. The summed E-state index contributed by atoms with van der Waals surface area (Å²) in [7, 11) is 9.59. The van der Waals surface area contributed by atoms with E-state index >= 15 is 0 Å². The zero-order valence-corrected chi connectivity index (χ0v) is 25.0. The Morgan fingerprint density at radius 1 is 1.12 bits per heavy atom. The molecule has 1 amide bonds. The minimum atomic E-state index is -3.08. The van der Waals surface area contributed by atoms with Gasteiger partial charge in [0.25, 0.3) is 0 Å². The van der Waals surface area contributed by atoms with Crippen LogP contribution in [0.4, 0.5) is 31.8 Å². The number of benzene rings is 2. The van der Waals surface area contributed by atoms with Crippen LogP contribution in [-0.2, 0) is 4.79 Å². The molecule has 0 saturated heterocycles. The van der Waals surface area contributed by atoms with E-state index in [0.29, 0.717) is 30.2 Å². The van der Waals surface area contributed by atoms with Gasteiger partial charge in [-0.2, -0.15) is 8.78 Å². The van der Waals surface area contributed by atoms with Gasteiger partial charge in [-0.1, -0.05) is 24.8 Å². The van der Waals surface area contributed by atoms with Gasteiger partial charge in [0.15, 0.2) is 5.75 Å². The van der Waals surface area contributed by atoms with E-state index in [0.717, 1.165) is 22.5 Å². The Kier molecular flexibility index (Phi) is 9.99. The van der Waals surface area contributed by atoms with Crippen LogP contribution < -0.4 is 20.3 Å². The molecule has 0 bridgehead atoms. The third-order valence-corrected chi connectivity index (χ3v) is 6.96. The first-order chi connectivity index (χ1) is 20.0. The summed E-state index contributed by atoms with van der Waals surface area (Å²) in [5.74, 6) is -0.407. The zero-order chi connectivity index (χ0) is 30.4. The van der Waals surface area contributed by atoms with Gasteiger partial charge < -0.3 is 25.2 Å². The lowest BCUT2D eigenvalue weighted by molar-refractivity contribution is -0.111. The number of para-hydroxylation sites is 1. The smallest absolute Gasteiger partial charge is 0.387 e. The number of hydrogen-bond donors (Lipinski definition) is 2. The summed E-state index contributed by atoms with van der Waals surface area (Å²) in [5.41, 5.74) is 3.56. The molecule has 2 aromatic carbocycles. The van der Waals surface area contributed by atoms with E-state index < -0.39 is 12.5 Å². The first-order valence-electron chi connectivity index (χ1n) is 13.0. The van der Waals surface area contributed by atoms with Gasteiger partial charge in [0, 0.05) is 61.7 Å². The third kappa shape index (κ3) is 7.55. The summed E-state index contributed by atoms with van der Waals surface area (Å²) in [4.78, 5) is 25.1. The number of fused-ring (bicyclic) bond motifs is 1. The highest BCUT2D eigenvalue weighted by molar-refractivity contribution is 7.95. The minimum Gasteiger partial charge on any atom is -0.433 e. The monoisotopic (exact) mass is 596 g/mol. The number of hydrogen-bond acceptors (Lipinski definition) is 9. The molecule has 0 atom stereocenters. The number of anilines is 4. The molecule has 0 aliphatic rings. The van der Waals surface area contributed by atoms with Crippen molar-refractivity contribution >= 4 is 52.0 Å². The highest BCUT2D eigenvalue weighted by Crippen LogP contribution is 2.39. The van der Waals surface area contributed by atoms with Crippen LogP contribution in [0.2, 0.25) is 0 Å². The molecule has 0 aliphatic heterocycles. The van der Waals surface area contributed by atoms with Gasteiger partial charge >= 0.3 is 6.61 Å². The van der Waals surface area contributed by atoms with Crippen LogP contribution in [0.25, 0.3) is 22.2 Å². The Bertz CT molecular complexity index is 1560. The number of aromatic nitrogens is 3. The number of rotatable bonds is 13. The normalized spacial score (nSPS) is 11.4. The maximum Gasteiger partial charge on any atom is 0.387 e. The van der Waals surface area contributed by atoms with Gasteiger partial charge in [-0.25, -0.2) is 14.3 Å². The molecule has 0 saturated carbocycles. The van der Waals surface area contributed by atoms with Crippen molar-refractivity contribution in [1.29, 1.82) is 0 Å². The van der Waals surface area contributed by atoms with Crippen molar-refractivity contribution in [3.05, 3.63) is 67.5 Å². The molecule has 0 fully saturated rings. The molecule has 2 heterocycles. The molecule has 0 aliphatic carbocycles. The number of likely N-dealkylation sites (N-methyl/N-ethyl adjacent to an activating group) is 2. The highest BCUT2D eigenvalue weighted by Gasteiger charge is 2.20. The number of alkyl halides is 2. The number of halogens is 2. The molecule has 4 aromatic rings. The van der Waals surface area contributed by atoms with E-state index in [1.165, 1.54) is 24.3 Å². The Labute approximate surface area is 248 Å². The fourth-order valence-corrected chi connectivity index (χ4v) is 4.97. The second-order valence-corrected chi connectivity index (χ2v) is 11.1. The standard InChI is InChI=1S/C29H34F2N8O2S/c1-7-27(40)33-22-16-23(26(41-28(30)31)17-25(22)38(6)15-14-36(2)3)35-29-32-13-12-21(34-29)20-18-39(42-37(4)5)24-11-9-8-10-19(20)24/h7-13,16-18,28H,1,14-15H2,2-6H3,(H,33,40)(H,32,34,35). The van der Waals surface area contributed by atoms with Gasteiger partial charge in [0.2, 0.25) is 11.9 Å². The molecule has 0 spiro atoms. The quantitative estimate of drug-likeness (QED) is 0.153. The van der Waals surface area contributed by atoms with Crippen molar-refractivity contribution in [2.75, 3.05) is 63.9 Å². The predicted molar refractivity (Wildman–Crippen MR) is 167 cm³/mol. The average molecular weight is 597 g/mol. The minimum absolute atomic E-state index is 0.124. The van der Waals surface area contributed by atoms with Crippen LogP contribution in [0.5, 0.6) is 5.75 Å². The van der Waals surface area contributed by atoms with Gasteiger partial charge in [-0.15, -0.1) is 0 Å². The number of carbonyl (C=O) groups excluding carboxylic acids is 1. The molecule has 13 heteroatoms. The zero-order valence-electron chi connectivity index (χ0n) is 24.1. The van der Waals surface area contributed by atoms with Crippen LogP contribution in [0.15, 0.2) is 67.5 Å². The topological polar surface area (TPSA) is 90.8 Å². The summed E-state index contributed by atoms with van der Waals surface area (Å²) in [6.07, 6.45) is 4.72. The lowest BCUT2D eigenvalue weighted by Crippen LogP contribution is -2.29. The van der Waals surface area contributed by atoms with Crippen molar-refractivity contribution in [3.63, 3.8) is 0 Å². The van der Waals surface area contributed by atoms with Crippen LogP contribution in [0, 0.1) is 0 Å². The van der Waals surface area contributed by atoms with E-state index in [9.17, 15) is 13.6 Å². The van der Waals surface area contributed by atoms with Gasteiger partial charge in [-0.05, 0) is 52.5 Å². The van der Waals surface area contributed by atoms with E-state index in [1.807, 2.05) is 72.8 Å². The molecule has 0 unspecified atom stereocenters. The lowest BCUT2D eigenvalue weighted by atomic mass is 10.1. The number of nitrogens with one attached hydrogen (secondary N) is 2. The second kappa shape index (κ2) is 13.6. The summed E-state index contributed by atoms with van der Waals surface area (Å²) in [5, 5.41) is 6.78. The summed E-state index contributed by atoms with van der Waals surface area (Å²) >= 11 is 1.53. The van der Waals surface area contributed by atoms with Crippen LogP contribution in [0.3, 0.4) is 0 Å². The van der Waals surface area contributed by atoms with Gasteiger partial charge in [0.05, 0.1) is 28.3 Å². The number of carbonyl (C=O) groups is 1. The maximum atomic E-state index is 13.5. The van der Waals surface area contributed by atoms with Gasteiger partial charge in [0.1, 0.15) is 0 Å². The second-order valence-electron chi connectivity index (χ2n) is 9.83. The molecule has 222 valence electrons. The fraction of sp³-hybridized carbons (Fsp3) is 0.276. The Hall–Kier alpha value is -4.20. The van der Waals surface area contributed by atoms with E-state index in [-0.39, 0.29) is 17.4 Å². The molecule has 0 radical (unpaired) electrons. The number of nitrogens with zero attached hydrogens (tertiary/aromatic N) is 6. The highest BCUT2D eigenvalue weighted by atomic mass is 32.2. The molecule has 10 nitrogen and oxygen atoms in total. The molecule has 42 heavy (non-hydrogen) atoms. The SMILES string of the molecule is C=CC(=O)Nc1cc(Nc2nccc(-c3cn(SN(C)C)c4ccccc34)n2)c(OC(F)F)cc1N(C)CCN(C)C. The van der Waals surface area contributed by atoms with E-state index in [4.69, 9.17) is 9.72 Å². The lowest BCUT2D eigenvalue weighted by Gasteiger charge is -2.26. The van der Waals surface area contributed by atoms with Crippen molar-refractivity contribution < 1.29 is 18.3 Å². The first kappa shape index (κ1) is 30.8. The van der Waals surface area contributed by atoms with Crippen LogP contribution in [-0.4, -0.2) is 84.0 Å². The van der Waals surface area contributed by atoms with Crippen molar-refractivity contribution in [2.24, 2.45) is 0 Å². The number of amides is 1. The first-order valence-corrected chi connectivity index (χ1v) is 13.8. The summed E-state index contributed by atoms with van der Waals surface area (Å²) < 4.78 is 36.0. The van der Waals surface area contributed by atoms with Crippen molar-refractivity contribution in [2.45, 2.75) is 6.61 Å². The summed E-state index contributed by atoms with van der Waals surface area (Å²) in [6, 6.07) is 12.7.